The van der Waals surface area contributed by atoms with Crippen LogP contribution < -0.4 is 0 Å². The van der Waals surface area contributed by atoms with Crippen molar-refractivity contribution >= 4 is 5.97 Å². The van der Waals surface area contributed by atoms with E-state index in [1.165, 1.54) is 44.9 Å². The van der Waals surface area contributed by atoms with Crippen LogP contribution in [0.15, 0.2) is 12.2 Å². The lowest BCUT2D eigenvalue weighted by atomic mass is 9.44. The lowest BCUT2D eigenvalue weighted by Crippen LogP contribution is -2.54. The molecule has 4 fully saturated rings. The van der Waals surface area contributed by atoms with Gasteiger partial charge < -0.3 is 4.74 Å². The SMILES string of the molecule is CC(=O)O[C@@H]1CC[C@@]2(C)[C@H](CC[C@@H]3[C@@H]2CC[C@]2(C)[C@@H]([C@H](C)/C=C/[C@H](C)C(C)C)CC[C@@H]32)C1. The fraction of sp³-hybridized carbons (Fsp3) is 0.900. The van der Waals surface area contributed by atoms with E-state index in [9.17, 15) is 4.79 Å². The van der Waals surface area contributed by atoms with Gasteiger partial charge in [-0.1, -0.05) is 53.7 Å². The molecule has 4 rings (SSSR count). The van der Waals surface area contributed by atoms with Gasteiger partial charge in [-0.2, -0.15) is 0 Å². The van der Waals surface area contributed by atoms with Gasteiger partial charge in [-0.25, -0.2) is 0 Å². The molecule has 4 aliphatic rings. The Labute approximate surface area is 198 Å². The highest BCUT2D eigenvalue weighted by atomic mass is 16.5. The lowest BCUT2D eigenvalue weighted by Gasteiger charge is -2.61. The van der Waals surface area contributed by atoms with Gasteiger partial charge in [0.1, 0.15) is 6.10 Å². The molecule has 0 unspecified atom stereocenters. The first-order chi connectivity index (χ1) is 15.1. The second-order valence-electron chi connectivity index (χ2n) is 13.2. The third-order valence-corrected chi connectivity index (χ3v) is 11.4. The summed E-state index contributed by atoms with van der Waals surface area (Å²) in [5, 5.41) is 0. The van der Waals surface area contributed by atoms with Crippen molar-refractivity contribution in [3.8, 4) is 0 Å². The van der Waals surface area contributed by atoms with Gasteiger partial charge in [0.05, 0.1) is 0 Å². The minimum absolute atomic E-state index is 0.0938. The molecule has 0 aliphatic heterocycles. The maximum atomic E-state index is 11.5. The van der Waals surface area contributed by atoms with Gasteiger partial charge in [-0.15, -0.1) is 0 Å². The van der Waals surface area contributed by atoms with Crippen molar-refractivity contribution in [1.29, 1.82) is 0 Å². The molecule has 32 heavy (non-hydrogen) atoms. The molecule has 0 radical (unpaired) electrons. The van der Waals surface area contributed by atoms with E-state index in [1.54, 1.807) is 6.92 Å². The van der Waals surface area contributed by atoms with Gasteiger partial charge in [0.15, 0.2) is 0 Å². The number of ether oxygens (including phenoxy) is 1. The lowest BCUT2D eigenvalue weighted by molar-refractivity contribution is -0.160. The van der Waals surface area contributed by atoms with E-state index >= 15 is 0 Å². The number of carbonyl (C=O) groups is 1. The zero-order valence-electron chi connectivity index (χ0n) is 22.0. The summed E-state index contributed by atoms with van der Waals surface area (Å²) in [6.45, 7) is 16.4. The molecule has 0 N–H and O–H groups in total. The molecule has 4 saturated carbocycles. The third-order valence-electron chi connectivity index (χ3n) is 11.4. The maximum Gasteiger partial charge on any atom is 0.302 e. The Balaban J connectivity index is 1.46. The molecule has 0 spiro atoms. The average molecular weight is 443 g/mol. The minimum Gasteiger partial charge on any atom is -0.463 e. The van der Waals surface area contributed by atoms with Crippen molar-refractivity contribution in [3.05, 3.63) is 12.2 Å². The van der Waals surface area contributed by atoms with E-state index in [-0.39, 0.29) is 12.1 Å². The van der Waals surface area contributed by atoms with Crippen LogP contribution in [0.2, 0.25) is 0 Å². The third kappa shape index (κ3) is 4.22. The summed E-state index contributed by atoms with van der Waals surface area (Å²) in [5.74, 6) is 6.37. The molecule has 2 heteroatoms. The van der Waals surface area contributed by atoms with Crippen molar-refractivity contribution in [3.63, 3.8) is 0 Å². The van der Waals surface area contributed by atoms with Crippen molar-refractivity contribution in [2.75, 3.05) is 0 Å². The van der Waals surface area contributed by atoms with E-state index in [0.717, 1.165) is 48.3 Å². The molecule has 4 aliphatic carbocycles. The second kappa shape index (κ2) is 9.10. The van der Waals surface area contributed by atoms with Crippen LogP contribution in [0.25, 0.3) is 0 Å². The maximum absolute atomic E-state index is 11.5. The Hall–Kier alpha value is -0.790. The summed E-state index contributed by atoms with van der Waals surface area (Å²) < 4.78 is 5.66. The molecule has 0 bridgehead atoms. The van der Waals surface area contributed by atoms with Crippen LogP contribution in [0.1, 0.15) is 106 Å². The van der Waals surface area contributed by atoms with Gasteiger partial charge in [-0.3, -0.25) is 4.79 Å². The molecule has 10 atom stereocenters. The van der Waals surface area contributed by atoms with Crippen LogP contribution in [0, 0.1) is 58.2 Å². The first-order valence-electron chi connectivity index (χ1n) is 13.9. The Bertz CT molecular complexity index is 710. The number of esters is 1. The van der Waals surface area contributed by atoms with Gasteiger partial charge in [0.2, 0.25) is 0 Å². The van der Waals surface area contributed by atoms with Crippen LogP contribution in [0.3, 0.4) is 0 Å². The highest BCUT2D eigenvalue weighted by Crippen LogP contribution is 2.68. The number of fused-ring (bicyclic) bond motifs is 5. The molecule has 182 valence electrons. The molecule has 0 aromatic carbocycles. The largest absolute Gasteiger partial charge is 0.463 e. The fourth-order valence-electron chi connectivity index (χ4n) is 9.17. The van der Waals surface area contributed by atoms with Crippen LogP contribution in [-0.4, -0.2) is 12.1 Å². The summed E-state index contributed by atoms with van der Waals surface area (Å²) in [7, 11) is 0. The smallest absolute Gasteiger partial charge is 0.302 e. The van der Waals surface area contributed by atoms with Crippen LogP contribution in [0.4, 0.5) is 0 Å². The van der Waals surface area contributed by atoms with E-state index < -0.39 is 0 Å². The summed E-state index contributed by atoms with van der Waals surface area (Å²) >= 11 is 0. The van der Waals surface area contributed by atoms with E-state index in [2.05, 4.69) is 53.7 Å². The summed E-state index contributed by atoms with van der Waals surface area (Å²) in [5.41, 5.74) is 1.00. The number of rotatable bonds is 5. The molecule has 0 saturated heterocycles. The van der Waals surface area contributed by atoms with Crippen molar-refractivity contribution in [2.24, 2.45) is 58.2 Å². The number of allylic oxidation sites excluding steroid dienone is 2. The number of hydrogen-bond acceptors (Lipinski definition) is 2. The predicted molar refractivity (Wildman–Crippen MR) is 133 cm³/mol. The number of hydrogen-bond donors (Lipinski definition) is 0. The first-order valence-corrected chi connectivity index (χ1v) is 13.9. The predicted octanol–water partition coefficient (Wildman–Crippen LogP) is 8.06. The van der Waals surface area contributed by atoms with Crippen molar-refractivity contribution in [2.45, 2.75) is 112 Å². The molecule has 2 nitrogen and oxygen atoms in total. The topological polar surface area (TPSA) is 26.3 Å². The normalized spacial score (nSPS) is 45.8. The van der Waals surface area contributed by atoms with Gasteiger partial charge >= 0.3 is 5.97 Å². The Morgan fingerprint density at radius 1 is 0.875 bits per heavy atom. The number of carbonyl (C=O) groups excluding carboxylic acids is 1. The quantitative estimate of drug-likeness (QED) is 0.318. The highest BCUT2D eigenvalue weighted by molar-refractivity contribution is 5.66. The second-order valence-corrected chi connectivity index (χ2v) is 13.2. The first kappa shape index (κ1) is 24.3. The summed E-state index contributed by atoms with van der Waals surface area (Å²) in [4.78, 5) is 11.5. The molecule has 0 aromatic heterocycles. The Morgan fingerprint density at radius 3 is 2.25 bits per heavy atom. The van der Waals surface area contributed by atoms with E-state index in [0.29, 0.717) is 22.7 Å². The zero-order chi connectivity index (χ0) is 23.3. The standard InChI is InChI=1S/C30H50O2/c1-19(2)20(3)8-9-21(4)26-12-13-27-25-11-10-23-18-24(32-22(5)31)14-16-29(23,6)28(25)15-17-30(26,27)7/h8-9,19-21,23-28H,10-18H2,1-7H3/b9-8+/t20-,21+,23+,24+,25-,26+,27-,28-,29-,30+/m0/s1. The highest BCUT2D eigenvalue weighted by Gasteiger charge is 2.60. The molecular formula is C30H50O2. The Kier molecular flexibility index (Phi) is 6.92. The average Bonchev–Trinajstić information content (AvgIpc) is 3.08. The summed E-state index contributed by atoms with van der Waals surface area (Å²) in [6.07, 6.45) is 17.2. The van der Waals surface area contributed by atoms with Crippen molar-refractivity contribution < 1.29 is 9.53 Å². The summed E-state index contributed by atoms with van der Waals surface area (Å²) in [6, 6.07) is 0. The monoisotopic (exact) mass is 442 g/mol. The zero-order valence-corrected chi connectivity index (χ0v) is 22.0. The van der Waals surface area contributed by atoms with Crippen molar-refractivity contribution in [1.82, 2.24) is 0 Å². The van der Waals surface area contributed by atoms with E-state index in [4.69, 9.17) is 4.74 Å². The molecule has 0 heterocycles. The van der Waals surface area contributed by atoms with Gasteiger partial charge in [-0.05, 0) is 116 Å². The minimum atomic E-state index is -0.0938. The fourth-order valence-corrected chi connectivity index (χ4v) is 9.17. The molecule has 0 amide bonds. The van der Waals surface area contributed by atoms with Crippen LogP contribution in [0.5, 0.6) is 0 Å². The Morgan fingerprint density at radius 2 is 1.56 bits per heavy atom. The molecule has 0 aromatic rings. The molecular weight excluding hydrogens is 392 g/mol. The van der Waals surface area contributed by atoms with Crippen LogP contribution >= 0.6 is 0 Å². The van der Waals surface area contributed by atoms with Gasteiger partial charge in [0.25, 0.3) is 0 Å². The van der Waals surface area contributed by atoms with Crippen LogP contribution in [-0.2, 0) is 9.53 Å². The van der Waals surface area contributed by atoms with Gasteiger partial charge in [0, 0.05) is 6.92 Å². The van der Waals surface area contributed by atoms with E-state index in [1.807, 2.05) is 0 Å².